The summed E-state index contributed by atoms with van der Waals surface area (Å²) in [6, 6.07) is 5.52. The van der Waals surface area contributed by atoms with Crippen LogP contribution in [0.15, 0.2) is 24.4 Å². The third-order valence-electron chi connectivity index (χ3n) is 4.11. The number of amides is 1. The molecule has 2 heterocycles. The first-order chi connectivity index (χ1) is 10.6. The van der Waals surface area contributed by atoms with Crippen molar-refractivity contribution in [1.29, 1.82) is 0 Å². The molecule has 6 nitrogen and oxygen atoms in total. The minimum absolute atomic E-state index is 0.133. The topological polar surface area (TPSA) is 60.9 Å². The number of aromatic nitrogens is 1. The van der Waals surface area contributed by atoms with Crippen LogP contribution in [0.25, 0.3) is 0 Å². The van der Waals surface area contributed by atoms with E-state index in [4.69, 9.17) is 14.2 Å². The van der Waals surface area contributed by atoms with Crippen LogP contribution in [0.1, 0.15) is 41.0 Å². The van der Waals surface area contributed by atoms with Crippen molar-refractivity contribution in [3.8, 4) is 5.88 Å². The minimum Gasteiger partial charge on any atom is -0.472 e. The van der Waals surface area contributed by atoms with E-state index in [0.29, 0.717) is 18.9 Å². The maximum Gasteiger partial charge on any atom is 0.413 e. The van der Waals surface area contributed by atoms with Crippen LogP contribution in [0, 0.1) is 0 Å². The third-order valence-corrected chi connectivity index (χ3v) is 4.11. The molecule has 0 N–H and O–H groups in total. The van der Waals surface area contributed by atoms with Crippen molar-refractivity contribution in [2.45, 2.75) is 64.0 Å². The number of ether oxygens (including phenoxy) is 3. The molecule has 1 amide bonds. The van der Waals surface area contributed by atoms with Gasteiger partial charge in [0.2, 0.25) is 5.88 Å². The molecule has 1 aromatic rings. The van der Waals surface area contributed by atoms with Crippen LogP contribution in [0.5, 0.6) is 5.88 Å². The Hall–Kier alpha value is -1.82. The summed E-state index contributed by atoms with van der Waals surface area (Å²) in [6.45, 7) is 9.77. The molecule has 0 radical (unpaired) electrons. The summed E-state index contributed by atoms with van der Waals surface area (Å²) in [5.41, 5.74) is -1.74. The molecular weight excluding hydrogens is 296 g/mol. The first-order valence-corrected chi connectivity index (χ1v) is 7.89. The normalized spacial score (nSPS) is 28.7. The minimum atomic E-state index is -0.718. The molecule has 2 fully saturated rings. The van der Waals surface area contributed by atoms with Crippen molar-refractivity contribution in [3.63, 3.8) is 0 Å². The molecule has 0 aromatic carbocycles. The summed E-state index contributed by atoms with van der Waals surface area (Å²) in [5, 5.41) is 0. The summed E-state index contributed by atoms with van der Waals surface area (Å²) in [7, 11) is 0. The lowest BCUT2D eigenvalue weighted by molar-refractivity contribution is -0.0650. The first kappa shape index (κ1) is 16.1. The molecule has 3 rings (SSSR count). The highest BCUT2D eigenvalue weighted by Crippen LogP contribution is 2.53. The van der Waals surface area contributed by atoms with Gasteiger partial charge >= 0.3 is 6.09 Å². The second-order valence-electron chi connectivity index (χ2n) is 7.63. The van der Waals surface area contributed by atoms with Gasteiger partial charge < -0.3 is 14.2 Å². The van der Waals surface area contributed by atoms with E-state index in [-0.39, 0.29) is 12.2 Å². The number of carbonyl (C=O) groups is 1. The van der Waals surface area contributed by atoms with Gasteiger partial charge in [0.25, 0.3) is 0 Å². The van der Waals surface area contributed by atoms with Gasteiger partial charge in [-0.2, -0.15) is 0 Å². The average Bonchev–Trinajstić information content (AvgIpc) is 3.00. The van der Waals surface area contributed by atoms with E-state index in [1.165, 1.54) is 0 Å². The van der Waals surface area contributed by atoms with Crippen molar-refractivity contribution in [2.75, 3.05) is 6.61 Å². The number of pyridine rings is 1. The second-order valence-corrected chi connectivity index (χ2v) is 7.63. The van der Waals surface area contributed by atoms with Crippen LogP contribution in [0.4, 0.5) is 4.79 Å². The van der Waals surface area contributed by atoms with E-state index < -0.39 is 16.9 Å². The third kappa shape index (κ3) is 3.00. The zero-order valence-corrected chi connectivity index (χ0v) is 14.3. The fourth-order valence-corrected chi connectivity index (χ4v) is 3.04. The van der Waals surface area contributed by atoms with Gasteiger partial charge in [-0.15, -0.1) is 0 Å². The first-order valence-electron chi connectivity index (χ1n) is 7.89. The molecule has 126 valence electrons. The quantitative estimate of drug-likeness (QED) is 0.838. The summed E-state index contributed by atoms with van der Waals surface area (Å²) in [4.78, 5) is 18.6. The predicted molar refractivity (Wildman–Crippen MR) is 84.1 cm³/mol. The summed E-state index contributed by atoms with van der Waals surface area (Å²) < 4.78 is 17.4. The molecule has 23 heavy (non-hydrogen) atoms. The molecule has 0 unspecified atom stereocenters. The van der Waals surface area contributed by atoms with Crippen LogP contribution < -0.4 is 4.74 Å². The van der Waals surface area contributed by atoms with E-state index in [0.717, 1.165) is 0 Å². The van der Waals surface area contributed by atoms with Crippen LogP contribution in [-0.4, -0.2) is 45.6 Å². The molecule has 1 aliphatic carbocycles. The van der Waals surface area contributed by atoms with Crippen LogP contribution in [0.3, 0.4) is 0 Å². The summed E-state index contributed by atoms with van der Waals surface area (Å²) in [6.07, 6.45) is 1.90. The molecule has 2 aliphatic rings. The fraction of sp³-hybridized carbons (Fsp3) is 0.647. The Balaban J connectivity index is 1.78. The van der Waals surface area contributed by atoms with Gasteiger partial charge in [-0.25, -0.2) is 9.78 Å². The highest BCUT2D eigenvalue weighted by atomic mass is 16.6. The smallest absolute Gasteiger partial charge is 0.413 e. The van der Waals surface area contributed by atoms with Crippen molar-refractivity contribution < 1.29 is 19.0 Å². The van der Waals surface area contributed by atoms with Crippen LogP contribution in [-0.2, 0) is 9.47 Å². The molecule has 1 saturated heterocycles. The second kappa shape index (κ2) is 5.09. The highest BCUT2D eigenvalue weighted by molar-refractivity contribution is 5.71. The number of rotatable bonds is 2. The van der Waals surface area contributed by atoms with Crippen molar-refractivity contribution in [1.82, 2.24) is 9.88 Å². The lowest BCUT2D eigenvalue weighted by atomic mass is 10.2. The largest absolute Gasteiger partial charge is 0.472 e. The maximum absolute atomic E-state index is 12.7. The van der Waals surface area contributed by atoms with Crippen LogP contribution in [0.2, 0.25) is 0 Å². The van der Waals surface area contributed by atoms with Gasteiger partial charge in [0.1, 0.15) is 23.0 Å². The highest BCUT2D eigenvalue weighted by Gasteiger charge is 2.70. The Kier molecular flexibility index (Phi) is 3.55. The lowest BCUT2D eigenvalue weighted by Gasteiger charge is -2.35. The van der Waals surface area contributed by atoms with Crippen molar-refractivity contribution in [3.05, 3.63) is 24.4 Å². The zero-order valence-electron chi connectivity index (χ0n) is 14.3. The van der Waals surface area contributed by atoms with E-state index >= 15 is 0 Å². The van der Waals surface area contributed by atoms with E-state index in [2.05, 4.69) is 4.98 Å². The van der Waals surface area contributed by atoms with Gasteiger partial charge in [0.15, 0.2) is 0 Å². The van der Waals surface area contributed by atoms with E-state index in [1.54, 1.807) is 11.1 Å². The molecule has 1 aromatic heterocycles. The van der Waals surface area contributed by atoms with Gasteiger partial charge in [0, 0.05) is 18.7 Å². The Bertz CT molecular complexity index is 596. The van der Waals surface area contributed by atoms with E-state index in [1.807, 2.05) is 52.8 Å². The monoisotopic (exact) mass is 320 g/mol. The molecule has 1 saturated carbocycles. The van der Waals surface area contributed by atoms with E-state index in [9.17, 15) is 4.79 Å². The molecule has 6 heteroatoms. The molecule has 1 spiro atoms. The fourth-order valence-electron chi connectivity index (χ4n) is 3.04. The molecule has 0 bridgehead atoms. The van der Waals surface area contributed by atoms with Gasteiger partial charge in [0.05, 0.1) is 6.61 Å². The Morgan fingerprint density at radius 3 is 2.74 bits per heavy atom. The van der Waals surface area contributed by atoms with Gasteiger partial charge in [-0.3, -0.25) is 4.90 Å². The Morgan fingerprint density at radius 1 is 1.39 bits per heavy atom. The average molecular weight is 320 g/mol. The summed E-state index contributed by atoms with van der Waals surface area (Å²) >= 11 is 0. The number of nitrogens with zero attached hydrogens (tertiary/aromatic N) is 2. The lowest BCUT2D eigenvalue weighted by Crippen LogP contribution is -2.52. The van der Waals surface area contributed by atoms with Crippen molar-refractivity contribution >= 4 is 6.09 Å². The SMILES string of the molecule is CC(C)(C)OC(=O)N1C(C)(C)OC[C@]12C[C@H]2Oc1ccccn1. The summed E-state index contributed by atoms with van der Waals surface area (Å²) in [5.74, 6) is 0.559. The molecular formula is C17H24N2O4. The predicted octanol–water partition coefficient (Wildman–Crippen LogP) is 2.97. The van der Waals surface area contributed by atoms with Gasteiger partial charge in [-0.1, -0.05) is 6.07 Å². The number of carbonyl (C=O) groups excluding carboxylic acids is 1. The molecule has 2 atom stereocenters. The number of hydrogen-bond donors (Lipinski definition) is 0. The Labute approximate surface area is 136 Å². The zero-order chi connectivity index (χ0) is 16.9. The van der Waals surface area contributed by atoms with Crippen LogP contribution >= 0.6 is 0 Å². The Morgan fingerprint density at radius 2 is 2.13 bits per heavy atom. The standard InChI is InChI=1S/C17H24N2O4/c1-15(2,3)23-14(20)19-16(4,5)21-11-17(19)10-12(17)22-13-8-6-7-9-18-13/h6-9,12H,10-11H2,1-5H3/t12-,17+/m1/s1. The van der Waals surface area contributed by atoms with Crippen molar-refractivity contribution in [2.24, 2.45) is 0 Å². The number of hydrogen-bond acceptors (Lipinski definition) is 5. The molecule has 1 aliphatic heterocycles. The van der Waals surface area contributed by atoms with Gasteiger partial charge in [-0.05, 0) is 40.7 Å². The maximum atomic E-state index is 12.7.